The quantitative estimate of drug-likeness (QED) is 0.261. The van der Waals surface area contributed by atoms with E-state index in [0.717, 1.165) is 0 Å². The molecule has 0 aliphatic heterocycles. The second-order valence-corrected chi connectivity index (χ2v) is 6.76. The van der Waals surface area contributed by atoms with Gasteiger partial charge < -0.3 is 0 Å². The van der Waals surface area contributed by atoms with Crippen molar-refractivity contribution < 1.29 is 0 Å². The maximum absolute atomic E-state index is 4.41. The largest absolute Gasteiger partial charge is 0.176 e. The topological polar surface area (TPSA) is 0 Å². The van der Waals surface area contributed by atoms with Gasteiger partial charge in [0.25, 0.3) is 0 Å². The van der Waals surface area contributed by atoms with Gasteiger partial charge in [0.1, 0.15) is 0 Å². The minimum atomic E-state index is 0.595. The molecule has 0 heterocycles. The summed E-state index contributed by atoms with van der Waals surface area (Å²) in [7, 11) is 0. The summed E-state index contributed by atoms with van der Waals surface area (Å²) in [5, 5.41) is 0.595. The van der Waals surface area contributed by atoms with Gasteiger partial charge in [0.05, 0.1) is 0 Å². The highest BCUT2D eigenvalue weighted by atomic mass is 32.1. The monoisotopic (exact) mass is 272 g/mol. The molecule has 0 N–H and O–H groups in total. The molecule has 1 atom stereocenters. The molecule has 0 rings (SSSR count). The zero-order valence-corrected chi connectivity index (χ0v) is 13.8. The van der Waals surface area contributed by atoms with Crippen LogP contribution in [-0.4, -0.2) is 5.25 Å². The third-order valence-electron chi connectivity index (χ3n) is 3.73. The lowest BCUT2D eigenvalue weighted by Crippen LogP contribution is -1.90. The first-order valence-corrected chi connectivity index (χ1v) is 8.97. The average Bonchev–Trinajstić information content (AvgIpc) is 2.34. The normalized spacial score (nSPS) is 12.8. The van der Waals surface area contributed by atoms with Crippen molar-refractivity contribution in [3.63, 3.8) is 0 Å². The Hall–Kier alpha value is 0.350. The van der Waals surface area contributed by atoms with Gasteiger partial charge in [-0.15, -0.1) is 0 Å². The minimum Gasteiger partial charge on any atom is -0.176 e. The lowest BCUT2D eigenvalue weighted by atomic mass is 10.0. The Morgan fingerprint density at radius 1 is 0.611 bits per heavy atom. The Morgan fingerprint density at radius 2 is 0.944 bits per heavy atom. The number of rotatable bonds is 14. The zero-order chi connectivity index (χ0) is 13.5. The van der Waals surface area contributed by atoms with E-state index in [1.165, 1.54) is 89.9 Å². The standard InChI is InChI=1S/C17H36S/c1-3-4-5-6-7-8-9-10-11-12-13-14-15-16-17(2)18/h17-18H,3-16H2,1-2H3. The molecule has 1 heteroatoms. The molecule has 1 unspecified atom stereocenters. The summed E-state index contributed by atoms with van der Waals surface area (Å²) in [6.07, 6.45) is 20.1. The summed E-state index contributed by atoms with van der Waals surface area (Å²) >= 11 is 4.41. The summed E-state index contributed by atoms with van der Waals surface area (Å²) in [6.45, 7) is 4.49. The van der Waals surface area contributed by atoms with E-state index in [4.69, 9.17) is 0 Å². The number of thiol groups is 1. The Kier molecular flexibility index (Phi) is 15.7. The van der Waals surface area contributed by atoms with Crippen LogP contribution in [0.1, 0.15) is 104 Å². The summed E-state index contributed by atoms with van der Waals surface area (Å²) in [6, 6.07) is 0. The highest BCUT2D eigenvalue weighted by molar-refractivity contribution is 7.80. The smallest absolute Gasteiger partial charge is 0.00116 e. The number of unbranched alkanes of at least 4 members (excludes halogenated alkanes) is 12. The maximum atomic E-state index is 4.41. The summed E-state index contributed by atoms with van der Waals surface area (Å²) in [5.41, 5.74) is 0. The van der Waals surface area contributed by atoms with Crippen molar-refractivity contribution in [2.75, 3.05) is 0 Å². The van der Waals surface area contributed by atoms with E-state index in [9.17, 15) is 0 Å². The van der Waals surface area contributed by atoms with Crippen LogP contribution in [0.5, 0.6) is 0 Å². The minimum absolute atomic E-state index is 0.595. The second kappa shape index (κ2) is 15.4. The molecule has 18 heavy (non-hydrogen) atoms. The van der Waals surface area contributed by atoms with Gasteiger partial charge >= 0.3 is 0 Å². The molecule has 0 fully saturated rings. The summed E-state index contributed by atoms with van der Waals surface area (Å²) in [5.74, 6) is 0. The predicted octanol–water partition coefficient (Wildman–Crippen LogP) is 6.79. The molecular formula is C17H36S. The molecule has 0 aromatic rings. The van der Waals surface area contributed by atoms with Crippen LogP contribution < -0.4 is 0 Å². The van der Waals surface area contributed by atoms with Crippen molar-refractivity contribution in [3.8, 4) is 0 Å². The Balaban J connectivity index is 2.90. The summed E-state index contributed by atoms with van der Waals surface area (Å²) < 4.78 is 0. The number of hydrogen-bond acceptors (Lipinski definition) is 1. The van der Waals surface area contributed by atoms with E-state index in [2.05, 4.69) is 26.5 Å². The molecule has 0 spiro atoms. The van der Waals surface area contributed by atoms with Crippen LogP contribution in [0.2, 0.25) is 0 Å². The van der Waals surface area contributed by atoms with Gasteiger partial charge in [0.2, 0.25) is 0 Å². The van der Waals surface area contributed by atoms with E-state index < -0.39 is 0 Å². The lowest BCUT2D eigenvalue weighted by molar-refractivity contribution is 0.535. The van der Waals surface area contributed by atoms with Crippen molar-refractivity contribution in [2.24, 2.45) is 0 Å². The van der Waals surface area contributed by atoms with E-state index in [1.54, 1.807) is 0 Å². The number of hydrogen-bond donors (Lipinski definition) is 1. The molecule has 0 aromatic heterocycles. The average molecular weight is 273 g/mol. The molecule has 110 valence electrons. The highest BCUT2D eigenvalue weighted by Crippen LogP contribution is 2.14. The molecule has 0 saturated carbocycles. The van der Waals surface area contributed by atoms with E-state index in [0.29, 0.717) is 5.25 Å². The molecular weight excluding hydrogens is 236 g/mol. The Labute approximate surface area is 122 Å². The highest BCUT2D eigenvalue weighted by Gasteiger charge is 1.95. The van der Waals surface area contributed by atoms with E-state index in [-0.39, 0.29) is 0 Å². The SMILES string of the molecule is CCCCCCCCCCCCCCCC(C)S. The van der Waals surface area contributed by atoms with E-state index >= 15 is 0 Å². The molecule has 0 amide bonds. The van der Waals surface area contributed by atoms with Crippen molar-refractivity contribution in [2.45, 2.75) is 109 Å². The Bertz CT molecular complexity index is 143. The molecule has 0 nitrogen and oxygen atoms in total. The van der Waals surface area contributed by atoms with Gasteiger partial charge in [-0.25, -0.2) is 0 Å². The first-order valence-electron chi connectivity index (χ1n) is 8.45. The molecule has 0 radical (unpaired) electrons. The fourth-order valence-electron chi connectivity index (χ4n) is 2.46. The molecule has 0 aliphatic carbocycles. The van der Waals surface area contributed by atoms with Gasteiger partial charge in [-0.1, -0.05) is 97.3 Å². The third-order valence-corrected chi connectivity index (χ3v) is 3.98. The van der Waals surface area contributed by atoms with Crippen LogP contribution in [0.4, 0.5) is 0 Å². The first kappa shape index (κ1) is 18.4. The van der Waals surface area contributed by atoms with Crippen molar-refractivity contribution >= 4 is 12.6 Å². The van der Waals surface area contributed by atoms with Gasteiger partial charge in [0.15, 0.2) is 0 Å². The maximum Gasteiger partial charge on any atom is -0.00116 e. The van der Waals surface area contributed by atoms with Crippen molar-refractivity contribution in [3.05, 3.63) is 0 Å². The first-order chi connectivity index (χ1) is 8.77. The van der Waals surface area contributed by atoms with Crippen LogP contribution in [0.25, 0.3) is 0 Å². The van der Waals surface area contributed by atoms with Crippen LogP contribution in [0.15, 0.2) is 0 Å². The molecule has 0 aromatic carbocycles. The second-order valence-electron chi connectivity index (χ2n) is 5.88. The molecule has 0 aliphatic rings. The van der Waals surface area contributed by atoms with Crippen LogP contribution >= 0.6 is 12.6 Å². The third kappa shape index (κ3) is 16.4. The van der Waals surface area contributed by atoms with Gasteiger partial charge in [-0.05, 0) is 11.7 Å². The van der Waals surface area contributed by atoms with Crippen molar-refractivity contribution in [1.82, 2.24) is 0 Å². The predicted molar refractivity (Wildman–Crippen MR) is 88.8 cm³/mol. The van der Waals surface area contributed by atoms with Crippen LogP contribution in [-0.2, 0) is 0 Å². The fraction of sp³-hybridized carbons (Fsp3) is 1.00. The molecule has 0 bridgehead atoms. The van der Waals surface area contributed by atoms with E-state index in [1.807, 2.05) is 0 Å². The van der Waals surface area contributed by atoms with Gasteiger partial charge in [-0.3, -0.25) is 0 Å². The van der Waals surface area contributed by atoms with Crippen LogP contribution in [0.3, 0.4) is 0 Å². The summed E-state index contributed by atoms with van der Waals surface area (Å²) in [4.78, 5) is 0. The Morgan fingerprint density at radius 3 is 1.28 bits per heavy atom. The van der Waals surface area contributed by atoms with Crippen LogP contribution in [0, 0.1) is 0 Å². The molecule has 0 saturated heterocycles. The van der Waals surface area contributed by atoms with Gasteiger partial charge in [0, 0.05) is 0 Å². The van der Waals surface area contributed by atoms with Gasteiger partial charge in [-0.2, -0.15) is 12.6 Å². The lowest BCUT2D eigenvalue weighted by Gasteiger charge is -2.04. The fourth-order valence-corrected chi connectivity index (χ4v) is 2.64. The van der Waals surface area contributed by atoms with Crippen molar-refractivity contribution in [1.29, 1.82) is 0 Å². The zero-order valence-electron chi connectivity index (χ0n) is 12.9.